The van der Waals surface area contributed by atoms with Gasteiger partial charge in [0.1, 0.15) is 4.47 Å². The van der Waals surface area contributed by atoms with Crippen LogP contribution in [0.4, 0.5) is 10.8 Å². The first-order valence-corrected chi connectivity index (χ1v) is 8.45. The van der Waals surface area contributed by atoms with Gasteiger partial charge in [-0.3, -0.25) is 4.79 Å². The summed E-state index contributed by atoms with van der Waals surface area (Å²) in [4.78, 5) is 20.9. The molecule has 8 heteroatoms. The number of anilines is 2. The van der Waals surface area contributed by atoms with E-state index >= 15 is 0 Å². The second-order valence-electron chi connectivity index (χ2n) is 4.91. The zero-order chi connectivity index (χ0) is 14.8. The Balaban J connectivity index is 1.79. The van der Waals surface area contributed by atoms with Crippen LogP contribution >= 0.6 is 27.3 Å². The van der Waals surface area contributed by atoms with Crippen molar-refractivity contribution in [2.24, 2.45) is 7.05 Å². The standard InChI is InChI=1S/C13H16BrN5OS/c1-17-12(20)11(14)10(9-16-17)18-4-2-5-19(7-6-18)13-15-3-8-21-13/h3,8-9H,2,4-7H2,1H3. The molecule has 0 bridgehead atoms. The van der Waals surface area contributed by atoms with Gasteiger partial charge in [-0.1, -0.05) is 0 Å². The van der Waals surface area contributed by atoms with E-state index in [-0.39, 0.29) is 5.56 Å². The Morgan fingerprint density at radius 2 is 2.00 bits per heavy atom. The van der Waals surface area contributed by atoms with E-state index in [0.29, 0.717) is 4.47 Å². The highest BCUT2D eigenvalue weighted by Crippen LogP contribution is 2.24. The molecule has 1 saturated heterocycles. The quantitative estimate of drug-likeness (QED) is 0.806. The molecule has 1 aliphatic heterocycles. The molecule has 21 heavy (non-hydrogen) atoms. The fourth-order valence-electron chi connectivity index (χ4n) is 2.44. The second-order valence-corrected chi connectivity index (χ2v) is 6.58. The fraction of sp³-hybridized carbons (Fsp3) is 0.462. The van der Waals surface area contributed by atoms with Gasteiger partial charge in [0.15, 0.2) is 5.13 Å². The lowest BCUT2D eigenvalue weighted by molar-refractivity contribution is 0.694. The lowest BCUT2D eigenvalue weighted by Gasteiger charge is -2.24. The molecule has 112 valence electrons. The molecule has 0 unspecified atom stereocenters. The molecule has 2 aromatic heterocycles. The van der Waals surface area contributed by atoms with E-state index in [1.807, 2.05) is 11.6 Å². The molecule has 0 aliphatic carbocycles. The minimum Gasteiger partial charge on any atom is -0.367 e. The maximum Gasteiger partial charge on any atom is 0.282 e. The van der Waals surface area contributed by atoms with Crippen LogP contribution in [0.3, 0.4) is 0 Å². The van der Waals surface area contributed by atoms with Crippen molar-refractivity contribution >= 4 is 38.1 Å². The third-order valence-electron chi connectivity index (χ3n) is 3.59. The molecule has 0 N–H and O–H groups in total. The van der Waals surface area contributed by atoms with Crippen molar-refractivity contribution in [3.05, 3.63) is 32.6 Å². The minimum atomic E-state index is -0.103. The largest absolute Gasteiger partial charge is 0.367 e. The molecule has 3 rings (SSSR count). The zero-order valence-corrected chi connectivity index (χ0v) is 14.1. The maximum absolute atomic E-state index is 12.0. The monoisotopic (exact) mass is 369 g/mol. The van der Waals surface area contributed by atoms with Gasteiger partial charge in [-0.15, -0.1) is 11.3 Å². The molecule has 6 nitrogen and oxygen atoms in total. The van der Waals surface area contributed by atoms with Crippen LogP contribution in [0.2, 0.25) is 0 Å². The van der Waals surface area contributed by atoms with E-state index in [0.717, 1.165) is 43.4 Å². The van der Waals surface area contributed by atoms with Crippen LogP contribution in [0.15, 0.2) is 27.0 Å². The zero-order valence-electron chi connectivity index (χ0n) is 11.7. The van der Waals surface area contributed by atoms with Gasteiger partial charge in [-0.25, -0.2) is 9.67 Å². The molecule has 2 aromatic rings. The van der Waals surface area contributed by atoms with Crippen LogP contribution in [-0.4, -0.2) is 40.9 Å². The first-order chi connectivity index (χ1) is 10.2. The topological polar surface area (TPSA) is 54.3 Å². The summed E-state index contributed by atoms with van der Waals surface area (Å²) in [7, 11) is 1.66. The van der Waals surface area contributed by atoms with Crippen LogP contribution in [-0.2, 0) is 7.05 Å². The van der Waals surface area contributed by atoms with E-state index < -0.39 is 0 Å². The summed E-state index contributed by atoms with van der Waals surface area (Å²) >= 11 is 5.07. The average molecular weight is 370 g/mol. The summed E-state index contributed by atoms with van der Waals surface area (Å²) in [6.07, 6.45) is 4.62. The van der Waals surface area contributed by atoms with Gasteiger partial charge < -0.3 is 9.80 Å². The summed E-state index contributed by atoms with van der Waals surface area (Å²) in [5.41, 5.74) is 0.771. The number of rotatable bonds is 2. The van der Waals surface area contributed by atoms with E-state index in [1.54, 1.807) is 24.6 Å². The van der Waals surface area contributed by atoms with Gasteiger partial charge in [-0.2, -0.15) is 5.10 Å². The second kappa shape index (κ2) is 6.15. The van der Waals surface area contributed by atoms with Gasteiger partial charge in [0.05, 0.1) is 11.9 Å². The van der Waals surface area contributed by atoms with Crippen molar-refractivity contribution in [1.82, 2.24) is 14.8 Å². The maximum atomic E-state index is 12.0. The Morgan fingerprint density at radius 3 is 2.76 bits per heavy atom. The number of hydrogen-bond donors (Lipinski definition) is 0. The predicted octanol–water partition coefficient (Wildman–Crippen LogP) is 1.72. The van der Waals surface area contributed by atoms with Gasteiger partial charge in [0.2, 0.25) is 0 Å². The minimum absolute atomic E-state index is 0.103. The molecule has 0 spiro atoms. The third-order valence-corrected chi connectivity index (χ3v) is 5.16. The average Bonchev–Trinajstić information content (AvgIpc) is 2.91. The lowest BCUT2D eigenvalue weighted by atomic mass is 10.3. The summed E-state index contributed by atoms with van der Waals surface area (Å²) in [6.45, 7) is 3.65. The van der Waals surface area contributed by atoms with Crippen LogP contribution in [0.25, 0.3) is 0 Å². The van der Waals surface area contributed by atoms with E-state index in [4.69, 9.17) is 0 Å². The van der Waals surface area contributed by atoms with Crippen LogP contribution in [0.1, 0.15) is 6.42 Å². The Kier molecular flexibility index (Phi) is 4.25. The van der Waals surface area contributed by atoms with Crippen molar-refractivity contribution in [1.29, 1.82) is 0 Å². The Labute approximate surface area is 135 Å². The van der Waals surface area contributed by atoms with Crippen molar-refractivity contribution in [2.75, 3.05) is 36.0 Å². The summed E-state index contributed by atoms with van der Waals surface area (Å²) < 4.78 is 1.93. The van der Waals surface area contributed by atoms with Gasteiger partial charge >= 0.3 is 0 Å². The smallest absolute Gasteiger partial charge is 0.282 e. The molecule has 1 aliphatic rings. The molecule has 0 radical (unpaired) electrons. The SMILES string of the molecule is Cn1ncc(N2CCCN(c3nccs3)CC2)c(Br)c1=O. The lowest BCUT2D eigenvalue weighted by Crippen LogP contribution is -2.32. The van der Waals surface area contributed by atoms with Crippen molar-refractivity contribution in [3.63, 3.8) is 0 Å². The van der Waals surface area contributed by atoms with Crippen molar-refractivity contribution in [3.8, 4) is 0 Å². The van der Waals surface area contributed by atoms with Crippen molar-refractivity contribution in [2.45, 2.75) is 6.42 Å². The number of hydrogen-bond acceptors (Lipinski definition) is 6. The summed E-state index contributed by atoms with van der Waals surface area (Å²) in [6, 6.07) is 0. The fourth-order valence-corrected chi connectivity index (χ4v) is 3.75. The molecule has 0 saturated carbocycles. The number of thiazole rings is 1. The highest BCUT2D eigenvalue weighted by Gasteiger charge is 2.20. The van der Waals surface area contributed by atoms with Gasteiger partial charge in [0.25, 0.3) is 5.56 Å². The predicted molar refractivity (Wildman–Crippen MR) is 88.3 cm³/mol. The summed E-state index contributed by atoms with van der Waals surface area (Å²) in [5, 5.41) is 7.19. The first kappa shape index (κ1) is 14.5. The molecule has 0 amide bonds. The first-order valence-electron chi connectivity index (χ1n) is 6.78. The molecule has 1 fully saturated rings. The number of aryl methyl sites for hydroxylation is 1. The number of nitrogens with zero attached hydrogens (tertiary/aromatic N) is 5. The highest BCUT2D eigenvalue weighted by molar-refractivity contribution is 9.10. The van der Waals surface area contributed by atoms with Crippen LogP contribution in [0, 0.1) is 0 Å². The van der Waals surface area contributed by atoms with Gasteiger partial charge in [0, 0.05) is 44.8 Å². The third kappa shape index (κ3) is 2.96. The summed E-state index contributed by atoms with van der Waals surface area (Å²) in [5.74, 6) is 0. The molecule has 0 aromatic carbocycles. The van der Waals surface area contributed by atoms with Crippen LogP contribution < -0.4 is 15.4 Å². The Morgan fingerprint density at radius 1 is 1.24 bits per heavy atom. The van der Waals surface area contributed by atoms with Gasteiger partial charge in [-0.05, 0) is 22.4 Å². The van der Waals surface area contributed by atoms with E-state index in [9.17, 15) is 4.79 Å². The van der Waals surface area contributed by atoms with E-state index in [2.05, 4.69) is 35.8 Å². The molecular formula is C13H16BrN5OS. The number of aromatic nitrogens is 3. The molecular weight excluding hydrogens is 354 g/mol. The Hall–Kier alpha value is -1.41. The van der Waals surface area contributed by atoms with Crippen molar-refractivity contribution < 1.29 is 0 Å². The Bertz CT molecular complexity index is 672. The molecule has 3 heterocycles. The van der Waals surface area contributed by atoms with E-state index in [1.165, 1.54) is 4.68 Å². The highest BCUT2D eigenvalue weighted by atomic mass is 79.9. The number of halogens is 1. The molecule has 0 atom stereocenters. The van der Waals surface area contributed by atoms with Crippen LogP contribution in [0.5, 0.6) is 0 Å². The normalized spacial score (nSPS) is 16.1.